The van der Waals surface area contributed by atoms with Gasteiger partial charge >= 0.3 is 29.9 Å². The van der Waals surface area contributed by atoms with Gasteiger partial charge in [0, 0.05) is 51.1 Å². The number of ether oxygens (including phenoxy) is 1. The van der Waals surface area contributed by atoms with Crippen molar-refractivity contribution < 1.29 is 87.5 Å². The van der Waals surface area contributed by atoms with Crippen molar-refractivity contribution in [3.8, 4) is 0 Å². The maximum Gasteiger partial charge on any atom is 0.326 e. The highest BCUT2D eigenvalue weighted by molar-refractivity contribution is 7.96. The number of hydrogen-bond donors (Lipinski definition) is 12. The summed E-state index contributed by atoms with van der Waals surface area (Å²) in [5.74, 6) is -14.0. The molecule has 7 atom stereocenters. The van der Waals surface area contributed by atoms with E-state index in [0.29, 0.717) is 11.1 Å². The van der Waals surface area contributed by atoms with Crippen molar-refractivity contribution in [1.29, 1.82) is 0 Å². The van der Waals surface area contributed by atoms with Gasteiger partial charge in [-0.3, -0.25) is 52.7 Å². The third-order valence-electron chi connectivity index (χ3n) is 10.1. The Balaban J connectivity index is 2.12. The van der Waals surface area contributed by atoms with Crippen LogP contribution < -0.4 is 37.6 Å². The Morgan fingerprint density at radius 1 is 0.600 bits per heavy atom. The zero-order valence-electron chi connectivity index (χ0n) is 37.4. The molecule has 0 fully saturated rings. The molecular formula is C44H55N7O18S. The van der Waals surface area contributed by atoms with Crippen LogP contribution >= 0.6 is 12.6 Å². The number of amides is 6. The summed E-state index contributed by atoms with van der Waals surface area (Å²) < 4.78 is 4.59. The standard InChI is InChI=1S/C44H55N7O18S/c45-28(40(62)49-31(21-38(59)60)33(54)20-27(41(63)64)43(67)70)22-47-39(61)26(17-24-7-3-1-4-8-24)19-32(53)30(18-25-9-5-2-6-10-25)48-35(56)15-16-46-34(55)12-11-29(42(65)66)50-44(68)51-36(69-23-52)13-14-37(57)58/h1-10,23,26-31,36H,11-22,45H2,(H,46,55)(H,47,61)(H,48,56)(H,49,62)(H,57,58)(H,59,60)(H,63,64)(H,65,66)(H,67,70)(H2,50,51,68)/t26-,27?,28+,29+,30+,31?,36-/m1/s1. The number of benzene rings is 2. The lowest BCUT2D eigenvalue weighted by Crippen LogP contribution is -2.53. The monoisotopic (exact) mass is 1000 g/mol. The molecule has 26 heteroatoms. The van der Waals surface area contributed by atoms with Crippen LogP contribution in [-0.2, 0) is 75.1 Å². The third kappa shape index (κ3) is 22.8. The van der Waals surface area contributed by atoms with Gasteiger partial charge in [-0.05, 0) is 30.4 Å². The van der Waals surface area contributed by atoms with Crippen molar-refractivity contribution in [2.75, 3.05) is 13.1 Å². The number of hydrogen-bond acceptors (Lipinski definition) is 15. The minimum atomic E-state index is -1.92. The largest absolute Gasteiger partial charge is 0.481 e. The van der Waals surface area contributed by atoms with Gasteiger partial charge in [-0.2, -0.15) is 0 Å². The van der Waals surface area contributed by atoms with Crippen molar-refractivity contribution in [3.63, 3.8) is 0 Å². The van der Waals surface area contributed by atoms with E-state index in [9.17, 15) is 77.6 Å². The van der Waals surface area contributed by atoms with Crippen LogP contribution in [0, 0.1) is 11.8 Å². The van der Waals surface area contributed by atoms with Gasteiger partial charge < -0.3 is 62.8 Å². The molecule has 12 N–H and O–H groups in total. The second-order valence-electron chi connectivity index (χ2n) is 15.6. The molecule has 2 unspecified atom stereocenters. The van der Waals surface area contributed by atoms with Gasteiger partial charge in [0.15, 0.2) is 17.8 Å². The predicted molar refractivity (Wildman–Crippen MR) is 243 cm³/mol. The summed E-state index contributed by atoms with van der Waals surface area (Å²) >= 11 is 3.44. The number of carbonyl (C=O) groups excluding carboxylic acids is 9. The molecule has 0 aromatic heterocycles. The normalized spacial score (nSPS) is 13.7. The number of carboxylic acids is 4. The van der Waals surface area contributed by atoms with E-state index in [1.54, 1.807) is 60.7 Å². The number of ketones is 2. The number of thiol groups is 1. The Bertz CT molecular complexity index is 2180. The summed E-state index contributed by atoms with van der Waals surface area (Å²) in [6.45, 7) is -0.890. The number of Topliss-reactive ketones (excluding diaryl/α,β-unsaturated/α-hetero) is 2. The summed E-state index contributed by atoms with van der Waals surface area (Å²) in [5.41, 5.74) is 7.25. The van der Waals surface area contributed by atoms with E-state index in [-0.39, 0.29) is 38.7 Å². The second kappa shape index (κ2) is 30.6. The maximum absolute atomic E-state index is 14.1. The fourth-order valence-electron chi connectivity index (χ4n) is 6.45. The minimum Gasteiger partial charge on any atom is -0.481 e. The van der Waals surface area contributed by atoms with Crippen LogP contribution in [0.15, 0.2) is 60.7 Å². The first kappa shape index (κ1) is 58.4. The summed E-state index contributed by atoms with van der Waals surface area (Å²) in [7, 11) is 0. The summed E-state index contributed by atoms with van der Waals surface area (Å²) in [5, 5.41) is 49.6. The van der Waals surface area contributed by atoms with Crippen LogP contribution in [0.25, 0.3) is 0 Å². The molecule has 0 spiro atoms. The molecule has 0 bridgehead atoms. The lowest BCUT2D eigenvalue weighted by molar-refractivity contribution is -0.147. The SMILES string of the molecule is N[C@@H](CNC(=O)[C@@H](CC(=O)[C@H](Cc1ccccc1)NC(=O)CCNC(=O)CC[C@H](NC(=O)N[C@@H](CCC(=O)O)OC=O)C(=O)O)Cc1ccccc1)C(=O)NC(CC(=O)O)C(=O)CC(C(=O)O)C(=O)S. The fourth-order valence-corrected chi connectivity index (χ4v) is 6.65. The van der Waals surface area contributed by atoms with E-state index in [4.69, 9.17) is 10.8 Å². The zero-order chi connectivity index (χ0) is 52.3. The molecule has 2 rings (SSSR count). The van der Waals surface area contributed by atoms with Crippen LogP contribution in [0.5, 0.6) is 0 Å². The van der Waals surface area contributed by atoms with E-state index < -0.39 is 158 Å². The molecule has 2 aromatic carbocycles. The molecular weight excluding hydrogens is 947 g/mol. The molecule has 70 heavy (non-hydrogen) atoms. The molecule has 0 aliphatic rings. The van der Waals surface area contributed by atoms with Crippen molar-refractivity contribution in [3.05, 3.63) is 71.8 Å². The summed E-state index contributed by atoms with van der Waals surface area (Å²) in [6.07, 6.45) is -5.87. The van der Waals surface area contributed by atoms with E-state index in [1.807, 2.05) is 0 Å². The number of carboxylic acid groups (broad SMARTS) is 4. The van der Waals surface area contributed by atoms with Crippen LogP contribution in [0.3, 0.4) is 0 Å². The van der Waals surface area contributed by atoms with Crippen molar-refractivity contribution >= 4 is 89.3 Å². The smallest absolute Gasteiger partial charge is 0.326 e. The minimum absolute atomic E-state index is 0.00744. The van der Waals surface area contributed by atoms with Crippen LogP contribution in [-0.4, -0.2) is 141 Å². The average Bonchev–Trinajstić information content (AvgIpc) is 3.29. The number of aliphatic carboxylic acids is 4. The lowest BCUT2D eigenvalue weighted by Gasteiger charge is -2.23. The Labute approximate surface area is 404 Å². The third-order valence-corrected chi connectivity index (χ3v) is 10.4. The highest BCUT2D eigenvalue weighted by Crippen LogP contribution is 2.17. The Morgan fingerprint density at radius 3 is 1.74 bits per heavy atom. The van der Waals surface area contributed by atoms with Gasteiger partial charge in [0.2, 0.25) is 28.7 Å². The van der Waals surface area contributed by atoms with Crippen LogP contribution in [0.1, 0.15) is 62.5 Å². The van der Waals surface area contributed by atoms with Crippen molar-refractivity contribution in [1.82, 2.24) is 31.9 Å². The zero-order valence-corrected chi connectivity index (χ0v) is 38.3. The second-order valence-corrected chi connectivity index (χ2v) is 16.0. The Morgan fingerprint density at radius 2 is 1.20 bits per heavy atom. The van der Waals surface area contributed by atoms with E-state index in [2.05, 4.69) is 49.3 Å². The summed E-state index contributed by atoms with van der Waals surface area (Å²) in [6, 6.07) is 9.69. The van der Waals surface area contributed by atoms with E-state index >= 15 is 0 Å². The van der Waals surface area contributed by atoms with Crippen molar-refractivity contribution in [2.45, 2.75) is 94.6 Å². The van der Waals surface area contributed by atoms with E-state index in [1.165, 1.54) is 0 Å². The van der Waals surface area contributed by atoms with Gasteiger partial charge in [0.05, 0.1) is 24.9 Å². The highest BCUT2D eigenvalue weighted by atomic mass is 32.1. The first-order valence-electron chi connectivity index (χ1n) is 21.4. The Kier molecular flexibility index (Phi) is 25.5. The molecule has 0 saturated heterocycles. The molecule has 0 heterocycles. The molecule has 25 nitrogen and oxygen atoms in total. The fraction of sp³-hybridized carbons (Fsp3) is 0.432. The van der Waals surface area contributed by atoms with Gasteiger partial charge in [-0.15, -0.1) is 12.6 Å². The number of nitrogens with two attached hydrogens (primary N) is 1. The first-order chi connectivity index (χ1) is 33.1. The van der Waals surface area contributed by atoms with Crippen LogP contribution in [0.4, 0.5) is 4.79 Å². The molecule has 2 aromatic rings. The molecule has 6 amide bonds. The number of urea groups is 1. The van der Waals surface area contributed by atoms with Gasteiger partial charge in [-0.1, -0.05) is 60.7 Å². The molecule has 0 aliphatic heterocycles. The topological polar surface area (TPSA) is 410 Å². The Hall–Kier alpha value is -7.74. The molecule has 0 saturated carbocycles. The molecule has 0 radical (unpaired) electrons. The van der Waals surface area contributed by atoms with Crippen LogP contribution in [0.2, 0.25) is 0 Å². The van der Waals surface area contributed by atoms with E-state index in [0.717, 1.165) is 0 Å². The predicted octanol–water partition coefficient (Wildman–Crippen LogP) is -1.55. The number of nitrogens with one attached hydrogen (secondary N) is 6. The molecule has 0 aliphatic carbocycles. The van der Waals surface area contributed by atoms with Gasteiger partial charge in [-0.25, -0.2) is 9.59 Å². The molecule has 380 valence electrons. The number of rotatable bonds is 34. The maximum atomic E-state index is 14.1. The summed E-state index contributed by atoms with van der Waals surface area (Å²) in [4.78, 5) is 160. The highest BCUT2D eigenvalue weighted by Gasteiger charge is 2.34. The lowest BCUT2D eigenvalue weighted by atomic mass is 9.89. The van der Waals surface area contributed by atoms with Gasteiger partial charge in [0.1, 0.15) is 18.0 Å². The number of carbonyl (C=O) groups is 13. The average molecular weight is 1000 g/mol. The first-order valence-corrected chi connectivity index (χ1v) is 21.9. The van der Waals surface area contributed by atoms with Gasteiger partial charge in [0.25, 0.3) is 6.47 Å². The quantitative estimate of drug-likeness (QED) is 0.0163. The van der Waals surface area contributed by atoms with Crippen molar-refractivity contribution in [2.24, 2.45) is 17.6 Å².